The zero-order valence-electron chi connectivity index (χ0n) is 16.0. The SMILES string of the molecule is CCCn1c(-c2ccc(NC(=O)NCC)cc2)c(N)c2cc(OC)ccc21. The quantitative estimate of drug-likeness (QED) is 0.603. The van der Waals surface area contributed by atoms with Crippen molar-refractivity contribution in [2.45, 2.75) is 26.8 Å². The Balaban J connectivity index is 2.03. The standard InChI is InChI=1S/C21H26N4O2/c1-4-12-25-18-11-10-16(27-3)13-17(18)19(22)20(25)14-6-8-15(9-7-14)24-21(26)23-5-2/h6-11,13H,4-5,12,22H2,1-3H3,(H2,23,24,26). The third kappa shape index (κ3) is 3.69. The van der Waals surface area contributed by atoms with E-state index in [0.29, 0.717) is 6.54 Å². The largest absolute Gasteiger partial charge is 0.497 e. The van der Waals surface area contributed by atoms with Gasteiger partial charge in [0.05, 0.1) is 24.0 Å². The van der Waals surface area contributed by atoms with Crippen LogP contribution in [0.4, 0.5) is 16.2 Å². The van der Waals surface area contributed by atoms with Gasteiger partial charge in [0.15, 0.2) is 0 Å². The minimum atomic E-state index is -0.211. The van der Waals surface area contributed by atoms with E-state index in [2.05, 4.69) is 28.2 Å². The van der Waals surface area contributed by atoms with E-state index in [1.165, 1.54) is 0 Å². The van der Waals surface area contributed by atoms with Gasteiger partial charge in [-0.25, -0.2) is 4.79 Å². The van der Waals surface area contributed by atoms with Crippen molar-refractivity contribution in [3.05, 3.63) is 42.5 Å². The van der Waals surface area contributed by atoms with Crippen LogP contribution in [-0.4, -0.2) is 24.3 Å². The first-order chi connectivity index (χ1) is 13.1. The van der Waals surface area contributed by atoms with Crippen molar-refractivity contribution in [2.24, 2.45) is 0 Å². The maximum Gasteiger partial charge on any atom is 0.319 e. The number of anilines is 2. The molecule has 0 aliphatic carbocycles. The van der Waals surface area contributed by atoms with Crippen LogP contribution in [0.5, 0.6) is 5.75 Å². The van der Waals surface area contributed by atoms with Crippen LogP contribution in [0.1, 0.15) is 20.3 Å². The third-order valence-electron chi connectivity index (χ3n) is 4.51. The van der Waals surface area contributed by atoms with Gasteiger partial charge in [-0.15, -0.1) is 0 Å². The summed E-state index contributed by atoms with van der Waals surface area (Å²) >= 11 is 0. The summed E-state index contributed by atoms with van der Waals surface area (Å²) in [6.45, 7) is 5.48. The Morgan fingerprint density at radius 3 is 2.52 bits per heavy atom. The van der Waals surface area contributed by atoms with Gasteiger partial charge >= 0.3 is 6.03 Å². The number of fused-ring (bicyclic) bond motifs is 1. The molecule has 6 nitrogen and oxygen atoms in total. The summed E-state index contributed by atoms with van der Waals surface area (Å²) in [4.78, 5) is 11.7. The Morgan fingerprint density at radius 2 is 1.89 bits per heavy atom. The van der Waals surface area contributed by atoms with Crippen molar-refractivity contribution in [3.8, 4) is 17.0 Å². The molecule has 0 unspecified atom stereocenters. The normalized spacial score (nSPS) is 10.8. The number of hydrogen-bond acceptors (Lipinski definition) is 3. The summed E-state index contributed by atoms with van der Waals surface area (Å²) < 4.78 is 7.60. The van der Waals surface area contributed by atoms with Crippen molar-refractivity contribution in [2.75, 3.05) is 24.7 Å². The van der Waals surface area contributed by atoms with Crippen molar-refractivity contribution >= 4 is 28.3 Å². The highest BCUT2D eigenvalue weighted by Crippen LogP contribution is 2.38. The Labute approximate surface area is 159 Å². The fourth-order valence-electron chi connectivity index (χ4n) is 3.30. The number of carbonyl (C=O) groups excluding carboxylic acids is 1. The van der Waals surface area contributed by atoms with Crippen LogP contribution in [0.3, 0.4) is 0 Å². The highest BCUT2D eigenvalue weighted by Gasteiger charge is 2.17. The highest BCUT2D eigenvalue weighted by atomic mass is 16.5. The van der Waals surface area contributed by atoms with Gasteiger partial charge in [0.1, 0.15) is 5.75 Å². The first kappa shape index (κ1) is 18.6. The summed E-state index contributed by atoms with van der Waals surface area (Å²) in [6, 6.07) is 13.5. The lowest BCUT2D eigenvalue weighted by Crippen LogP contribution is -2.28. The second kappa shape index (κ2) is 8.03. The number of amides is 2. The molecule has 2 amide bonds. The maximum absolute atomic E-state index is 11.7. The molecule has 0 fully saturated rings. The molecule has 27 heavy (non-hydrogen) atoms. The van der Waals surface area contributed by atoms with Crippen molar-refractivity contribution in [3.63, 3.8) is 0 Å². The Kier molecular flexibility index (Phi) is 5.54. The lowest BCUT2D eigenvalue weighted by molar-refractivity contribution is 0.252. The van der Waals surface area contributed by atoms with Crippen LogP contribution < -0.4 is 21.1 Å². The molecule has 0 bridgehead atoms. The van der Waals surface area contributed by atoms with E-state index in [4.69, 9.17) is 10.5 Å². The number of benzene rings is 2. The van der Waals surface area contributed by atoms with Gasteiger partial charge in [-0.2, -0.15) is 0 Å². The lowest BCUT2D eigenvalue weighted by atomic mass is 10.1. The highest BCUT2D eigenvalue weighted by molar-refractivity contribution is 6.01. The topological polar surface area (TPSA) is 81.3 Å². The maximum atomic E-state index is 11.7. The van der Waals surface area contributed by atoms with E-state index in [1.54, 1.807) is 7.11 Å². The molecule has 0 radical (unpaired) electrons. The Morgan fingerprint density at radius 1 is 1.15 bits per heavy atom. The predicted molar refractivity (Wildman–Crippen MR) is 111 cm³/mol. The fourth-order valence-corrected chi connectivity index (χ4v) is 3.30. The number of urea groups is 1. The number of nitrogens with one attached hydrogen (secondary N) is 2. The van der Waals surface area contributed by atoms with E-state index in [1.807, 2.05) is 43.3 Å². The van der Waals surface area contributed by atoms with Gasteiger partial charge in [0, 0.05) is 29.7 Å². The molecule has 0 aliphatic rings. The van der Waals surface area contributed by atoms with Gasteiger partial charge in [0.2, 0.25) is 0 Å². The monoisotopic (exact) mass is 366 g/mol. The summed E-state index contributed by atoms with van der Waals surface area (Å²) in [5.74, 6) is 0.788. The zero-order valence-corrected chi connectivity index (χ0v) is 16.0. The molecular formula is C21H26N4O2. The van der Waals surface area contributed by atoms with Gasteiger partial charge in [-0.1, -0.05) is 19.1 Å². The van der Waals surface area contributed by atoms with E-state index in [9.17, 15) is 4.79 Å². The molecule has 1 heterocycles. The van der Waals surface area contributed by atoms with Crippen LogP contribution >= 0.6 is 0 Å². The molecule has 6 heteroatoms. The van der Waals surface area contributed by atoms with Crippen molar-refractivity contribution < 1.29 is 9.53 Å². The van der Waals surface area contributed by atoms with Crippen molar-refractivity contribution in [1.82, 2.24) is 9.88 Å². The fraction of sp³-hybridized carbons (Fsp3) is 0.286. The summed E-state index contributed by atoms with van der Waals surface area (Å²) in [5.41, 5.74) is 11.1. The average molecular weight is 366 g/mol. The second-order valence-electron chi connectivity index (χ2n) is 6.36. The van der Waals surface area contributed by atoms with E-state index >= 15 is 0 Å². The summed E-state index contributed by atoms with van der Waals surface area (Å²) in [6.07, 6.45) is 0.999. The second-order valence-corrected chi connectivity index (χ2v) is 6.36. The van der Waals surface area contributed by atoms with Crippen LogP contribution in [0.2, 0.25) is 0 Å². The predicted octanol–water partition coefficient (Wildman–Crippen LogP) is 4.45. The van der Waals surface area contributed by atoms with Gasteiger partial charge in [-0.3, -0.25) is 0 Å². The Hall–Kier alpha value is -3.15. The van der Waals surface area contributed by atoms with Gasteiger partial charge < -0.3 is 25.7 Å². The minimum Gasteiger partial charge on any atom is -0.497 e. The number of nitrogens with zero attached hydrogens (tertiary/aromatic N) is 1. The Bertz CT molecular complexity index is 945. The molecule has 1 aromatic heterocycles. The molecular weight excluding hydrogens is 340 g/mol. The average Bonchev–Trinajstić information content (AvgIpc) is 2.94. The molecule has 4 N–H and O–H groups in total. The molecule has 0 atom stereocenters. The first-order valence-corrected chi connectivity index (χ1v) is 9.20. The number of nitrogens with two attached hydrogens (primary N) is 1. The number of ether oxygens (including phenoxy) is 1. The van der Waals surface area contributed by atoms with Crippen LogP contribution in [0, 0.1) is 0 Å². The molecule has 0 saturated heterocycles. The summed E-state index contributed by atoms with van der Waals surface area (Å²) in [7, 11) is 1.65. The number of nitrogen functional groups attached to an aromatic ring is 1. The van der Waals surface area contributed by atoms with Gasteiger partial charge in [0.25, 0.3) is 0 Å². The van der Waals surface area contributed by atoms with Crippen LogP contribution in [0.15, 0.2) is 42.5 Å². The molecule has 3 rings (SSSR count). The van der Waals surface area contributed by atoms with E-state index < -0.39 is 0 Å². The number of carbonyl (C=O) groups is 1. The van der Waals surface area contributed by atoms with Crippen LogP contribution in [0.25, 0.3) is 22.2 Å². The molecule has 2 aromatic carbocycles. The third-order valence-corrected chi connectivity index (χ3v) is 4.51. The van der Waals surface area contributed by atoms with Gasteiger partial charge in [-0.05, 0) is 43.7 Å². The van der Waals surface area contributed by atoms with Crippen LogP contribution in [-0.2, 0) is 6.54 Å². The molecule has 3 aromatic rings. The molecule has 0 saturated carbocycles. The zero-order chi connectivity index (χ0) is 19.4. The molecule has 0 aliphatic heterocycles. The first-order valence-electron chi connectivity index (χ1n) is 9.20. The smallest absolute Gasteiger partial charge is 0.319 e. The number of aryl methyl sites for hydroxylation is 1. The van der Waals surface area contributed by atoms with E-state index in [0.717, 1.165) is 52.3 Å². The lowest BCUT2D eigenvalue weighted by Gasteiger charge is -2.12. The van der Waals surface area contributed by atoms with Crippen molar-refractivity contribution in [1.29, 1.82) is 0 Å². The number of hydrogen-bond donors (Lipinski definition) is 3. The molecule has 142 valence electrons. The minimum absolute atomic E-state index is 0.211. The summed E-state index contributed by atoms with van der Waals surface area (Å²) in [5, 5.41) is 6.52. The molecule has 0 spiro atoms. The number of methoxy groups -OCH3 is 1. The number of rotatable bonds is 6. The van der Waals surface area contributed by atoms with E-state index in [-0.39, 0.29) is 6.03 Å². The number of aromatic nitrogens is 1.